The summed E-state index contributed by atoms with van der Waals surface area (Å²) in [5, 5.41) is 8.89. The van der Waals surface area contributed by atoms with Crippen LogP contribution in [0.3, 0.4) is 0 Å². The standard InChI is InChI=1S/C9H17O3/c1-3-12-9(11)7-5-4-6-8(2)10/h7-8,10H,3-6H2,1-2H3. The van der Waals surface area contributed by atoms with E-state index in [4.69, 9.17) is 9.84 Å². The van der Waals surface area contributed by atoms with Crippen molar-refractivity contribution in [2.75, 3.05) is 6.61 Å². The molecule has 1 atom stereocenters. The van der Waals surface area contributed by atoms with E-state index in [9.17, 15) is 4.79 Å². The zero-order chi connectivity index (χ0) is 9.40. The third-order valence-corrected chi connectivity index (χ3v) is 1.42. The van der Waals surface area contributed by atoms with Gasteiger partial charge in [0, 0.05) is 0 Å². The minimum absolute atomic E-state index is 0.261. The van der Waals surface area contributed by atoms with Crippen molar-refractivity contribution in [3.8, 4) is 0 Å². The topological polar surface area (TPSA) is 46.5 Å². The Kier molecular flexibility index (Phi) is 6.76. The molecule has 0 aromatic rings. The lowest BCUT2D eigenvalue weighted by Gasteiger charge is -2.03. The second-order valence-electron chi connectivity index (χ2n) is 2.74. The SMILES string of the molecule is CCOC(=O)[CH]CCCC(C)O. The number of carbonyl (C=O) groups excluding carboxylic acids is 1. The first-order valence-corrected chi connectivity index (χ1v) is 4.34. The molecule has 0 spiro atoms. The predicted molar refractivity (Wildman–Crippen MR) is 46.5 cm³/mol. The first-order chi connectivity index (χ1) is 5.66. The number of aliphatic hydroxyl groups excluding tert-OH is 1. The monoisotopic (exact) mass is 173 g/mol. The van der Waals surface area contributed by atoms with E-state index in [-0.39, 0.29) is 12.1 Å². The van der Waals surface area contributed by atoms with Crippen molar-refractivity contribution in [2.45, 2.75) is 39.2 Å². The van der Waals surface area contributed by atoms with Gasteiger partial charge in [-0.05, 0) is 26.7 Å². The first kappa shape index (κ1) is 11.4. The third-order valence-electron chi connectivity index (χ3n) is 1.42. The van der Waals surface area contributed by atoms with Gasteiger partial charge >= 0.3 is 5.97 Å². The number of carbonyl (C=O) groups is 1. The molecule has 1 N–H and O–H groups in total. The van der Waals surface area contributed by atoms with Crippen LogP contribution in [-0.4, -0.2) is 23.8 Å². The fourth-order valence-electron chi connectivity index (χ4n) is 0.834. The molecule has 0 saturated carbocycles. The molecule has 0 aliphatic rings. The molecule has 12 heavy (non-hydrogen) atoms. The molecule has 0 heterocycles. The molecule has 0 aromatic carbocycles. The summed E-state index contributed by atoms with van der Waals surface area (Å²) in [5.74, 6) is -0.261. The molecule has 3 heteroatoms. The average molecular weight is 173 g/mol. The highest BCUT2D eigenvalue weighted by molar-refractivity contribution is 5.78. The van der Waals surface area contributed by atoms with Crippen LogP contribution >= 0.6 is 0 Å². The van der Waals surface area contributed by atoms with Crippen molar-refractivity contribution in [1.29, 1.82) is 0 Å². The van der Waals surface area contributed by atoms with E-state index in [0.29, 0.717) is 13.0 Å². The van der Waals surface area contributed by atoms with Gasteiger partial charge in [-0.3, -0.25) is 4.79 Å². The van der Waals surface area contributed by atoms with Crippen LogP contribution in [0.15, 0.2) is 0 Å². The largest absolute Gasteiger partial charge is 0.466 e. The van der Waals surface area contributed by atoms with Crippen LogP contribution in [0.4, 0.5) is 0 Å². The van der Waals surface area contributed by atoms with Crippen molar-refractivity contribution < 1.29 is 14.6 Å². The zero-order valence-electron chi connectivity index (χ0n) is 7.75. The Balaban J connectivity index is 3.14. The summed E-state index contributed by atoms with van der Waals surface area (Å²) in [7, 11) is 0. The Labute approximate surface area is 73.7 Å². The Morgan fingerprint density at radius 3 is 2.83 bits per heavy atom. The lowest BCUT2D eigenvalue weighted by molar-refractivity contribution is -0.139. The highest BCUT2D eigenvalue weighted by atomic mass is 16.5. The molecule has 0 aliphatic heterocycles. The summed E-state index contributed by atoms with van der Waals surface area (Å²) in [5.41, 5.74) is 0. The van der Waals surface area contributed by atoms with E-state index in [1.807, 2.05) is 0 Å². The van der Waals surface area contributed by atoms with E-state index in [2.05, 4.69) is 0 Å². The number of hydrogen-bond donors (Lipinski definition) is 1. The van der Waals surface area contributed by atoms with Gasteiger partial charge in [0.25, 0.3) is 0 Å². The van der Waals surface area contributed by atoms with E-state index in [0.717, 1.165) is 12.8 Å². The van der Waals surface area contributed by atoms with Gasteiger partial charge < -0.3 is 9.84 Å². The minimum atomic E-state index is -0.277. The number of ether oxygens (including phenoxy) is 1. The quantitative estimate of drug-likeness (QED) is 0.486. The van der Waals surface area contributed by atoms with Crippen molar-refractivity contribution in [3.63, 3.8) is 0 Å². The van der Waals surface area contributed by atoms with Gasteiger partial charge in [-0.2, -0.15) is 0 Å². The molecule has 71 valence electrons. The summed E-state index contributed by atoms with van der Waals surface area (Å²) in [6.45, 7) is 3.94. The fourth-order valence-corrected chi connectivity index (χ4v) is 0.834. The molecule has 0 fully saturated rings. The van der Waals surface area contributed by atoms with Crippen LogP contribution in [0.25, 0.3) is 0 Å². The molecular weight excluding hydrogens is 156 g/mol. The molecule has 1 radical (unpaired) electrons. The molecule has 0 amide bonds. The maximum Gasteiger partial charge on any atom is 0.309 e. The highest BCUT2D eigenvalue weighted by Gasteiger charge is 2.02. The maximum absolute atomic E-state index is 10.7. The molecule has 0 aliphatic carbocycles. The summed E-state index contributed by atoms with van der Waals surface area (Å²) in [6.07, 6.45) is 3.49. The Bertz CT molecular complexity index is 121. The lowest BCUT2D eigenvalue weighted by Crippen LogP contribution is -2.05. The number of aliphatic hydroxyl groups is 1. The first-order valence-electron chi connectivity index (χ1n) is 4.34. The molecule has 0 saturated heterocycles. The molecule has 0 bridgehead atoms. The molecule has 3 nitrogen and oxygen atoms in total. The van der Waals surface area contributed by atoms with Gasteiger partial charge in [-0.1, -0.05) is 6.42 Å². The van der Waals surface area contributed by atoms with Gasteiger partial charge in [0.15, 0.2) is 0 Å². The third kappa shape index (κ3) is 7.54. The highest BCUT2D eigenvalue weighted by Crippen LogP contribution is 2.02. The van der Waals surface area contributed by atoms with E-state index >= 15 is 0 Å². The van der Waals surface area contributed by atoms with Crippen LogP contribution in [0.2, 0.25) is 0 Å². The van der Waals surface area contributed by atoms with E-state index < -0.39 is 0 Å². The predicted octanol–water partition coefficient (Wildman–Crippen LogP) is 1.30. The summed E-state index contributed by atoms with van der Waals surface area (Å²) in [6, 6.07) is 0. The minimum Gasteiger partial charge on any atom is -0.466 e. The van der Waals surface area contributed by atoms with E-state index in [1.54, 1.807) is 13.8 Å². The maximum atomic E-state index is 10.7. The second kappa shape index (κ2) is 7.10. The fraction of sp³-hybridized carbons (Fsp3) is 0.778. The van der Waals surface area contributed by atoms with Gasteiger partial charge in [-0.25, -0.2) is 0 Å². The Morgan fingerprint density at radius 2 is 2.33 bits per heavy atom. The van der Waals surface area contributed by atoms with Gasteiger partial charge in [-0.15, -0.1) is 0 Å². The van der Waals surface area contributed by atoms with Crippen molar-refractivity contribution >= 4 is 5.97 Å². The van der Waals surface area contributed by atoms with Gasteiger partial charge in [0.2, 0.25) is 0 Å². The second-order valence-corrected chi connectivity index (χ2v) is 2.74. The smallest absolute Gasteiger partial charge is 0.309 e. The number of esters is 1. The summed E-state index contributed by atoms with van der Waals surface area (Å²) < 4.78 is 4.69. The average Bonchev–Trinajstić information content (AvgIpc) is 1.98. The zero-order valence-corrected chi connectivity index (χ0v) is 7.75. The van der Waals surface area contributed by atoms with Gasteiger partial charge in [0.1, 0.15) is 0 Å². The van der Waals surface area contributed by atoms with Crippen LogP contribution < -0.4 is 0 Å². The lowest BCUT2D eigenvalue weighted by atomic mass is 10.1. The van der Waals surface area contributed by atoms with Crippen LogP contribution in [-0.2, 0) is 9.53 Å². The molecule has 0 aromatic heterocycles. The number of hydrogen-bond acceptors (Lipinski definition) is 3. The summed E-state index contributed by atoms with van der Waals surface area (Å²) in [4.78, 5) is 10.7. The van der Waals surface area contributed by atoms with Crippen LogP contribution in [0.5, 0.6) is 0 Å². The van der Waals surface area contributed by atoms with Crippen molar-refractivity contribution in [1.82, 2.24) is 0 Å². The normalized spacial score (nSPS) is 12.6. The molecule has 0 rings (SSSR count). The van der Waals surface area contributed by atoms with Crippen molar-refractivity contribution in [2.24, 2.45) is 0 Å². The van der Waals surface area contributed by atoms with Crippen LogP contribution in [0, 0.1) is 6.42 Å². The Morgan fingerprint density at radius 1 is 1.67 bits per heavy atom. The van der Waals surface area contributed by atoms with Crippen LogP contribution in [0.1, 0.15) is 33.1 Å². The van der Waals surface area contributed by atoms with Crippen molar-refractivity contribution in [3.05, 3.63) is 6.42 Å². The Hall–Kier alpha value is -0.570. The van der Waals surface area contributed by atoms with E-state index in [1.165, 1.54) is 6.42 Å². The molecule has 1 unspecified atom stereocenters. The number of unbranched alkanes of at least 4 members (excludes halogenated alkanes) is 1. The number of rotatable bonds is 6. The summed E-state index contributed by atoms with van der Waals surface area (Å²) >= 11 is 0. The molecular formula is C9H17O3. The van der Waals surface area contributed by atoms with Gasteiger partial charge in [0.05, 0.1) is 19.1 Å².